The molecule has 4 heteroatoms. The monoisotopic (exact) mass is 689 g/mol. The molecule has 280 valence electrons. The van der Waals surface area contributed by atoms with Crippen molar-refractivity contribution in [1.82, 2.24) is 0 Å². The largest absolute Gasteiger partial charge is 0.298 e. The second kappa shape index (κ2) is 18.7. The van der Waals surface area contributed by atoms with E-state index in [2.05, 4.69) is 83.1 Å². The molecule has 1 aromatic carbocycles. The molecule has 3 unspecified atom stereocenters. The lowest BCUT2D eigenvalue weighted by atomic mass is 9.58. The minimum absolute atomic E-state index is 0.0391. The Morgan fingerprint density at radius 3 is 1.34 bits per heavy atom. The highest BCUT2D eigenvalue weighted by molar-refractivity contribution is 6.15. The summed E-state index contributed by atoms with van der Waals surface area (Å²) in [5.74, 6) is -0.870. The Hall–Kier alpha value is -2.62. The number of hydrogen-bond donors (Lipinski definition) is 0. The van der Waals surface area contributed by atoms with Gasteiger partial charge in [-0.15, -0.1) is 0 Å². The Bertz CT molecular complexity index is 1300. The van der Waals surface area contributed by atoms with E-state index in [0.29, 0.717) is 16.7 Å². The molecule has 0 amide bonds. The topological polar surface area (TPSA) is 68.3 Å². The summed E-state index contributed by atoms with van der Waals surface area (Å²) in [5, 5.41) is 0. The maximum Gasteiger partial charge on any atom is 0.189 e. The average molecular weight is 689 g/mol. The number of benzene rings is 1. The van der Waals surface area contributed by atoms with E-state index in [1.165, 1.54) is 0 Å². The molecule has 0 saturated carbocycles. The molecule has 1 aliphatic carbocycles. The third kappa shape index (κ3) is 11.4. The first-order valence-corrected chi connectivity index (χ1v) is 19.9. The molecule has 0 spiro atoms. The Labute approximate surface area is 306 Å². The van der Waals surface area contributed by atoms with Gasteiger partial charge in [0, 0.05) is 34.5 Å². The number of unbranched alkanes of at least 4 members (excludes halogenated alkanes) is 6. The molecule has 2 rings (SSSR count). The number of hydrogen-bond acceptors (Lipinski definition) is 4. The van der Waals surface area contributed by atoms with Crippen LogP contribution in [0.5, 0.6) is 0 Å². The summed E-state index contributed by atoms with van der Waals surface area (Å²) < 4.78 is 0. The van der Waals surface area contributed by atoms with Crippen molar-refractivity contribution in [2.24, 2.45) is 39.4 Å². The molecule has 0 radical (unpaired) electrons. The average Bonchev–Trinajstić information content (AvgIpc) is 3.04. The van der Waals surface area contributed by atoms with Crippen LogP contribution < -0.4 is 0 Å². The fourth-order valence-corrected chi connectivity index (χ4v) is 7.82. The van der Waals surface area contributed by atoms with Gasteiger partial charge >= 0.3 is 0 Å². The van der Waals surface area contributed by atoms with Crippen LogP contribution >= 0.6 is 0 Å². The standard InChI is InChI=1S/C46H72O4/c1-13-16-19-24-36(43(4,5)6)40(48)34-29-27-33(28-30-34)39(47)35-23-22-31-46(32-35,41(49)37(44(7,8)9)25-20-17-14-2)42(50)38(45(10,11)12)26-21-18-15-3/h22-23,27-31,36-38H,13-21,24-26,32H2,1-12H3. The lowest BCUT2D eigenvalue weighted by Crippen LogP contribution is -2.50. The van der Waals surface area contributed by atoms with E-state index >= 15 is 9.59 Å². The lowest BCUT2D eigenvalue weighted by Gasteiger charge is -2.42. The molecule has 4 nitrogen and oxygen atoms in total. The van der Waals surface area contributed by atoms with Crippen molar-refractivity contribution < 1.29 is 19.2 Å². The van der Waals surface area contributed by atoms with Gasteiger partial charge < -0.3 is 0 Å². The summed E-state index contributed by atoms with van der Waals surface area (Å²) >= 11 is 0. The molecular weight excluding hydrogens is 617 g/mol. The highest BCUT2D eigenvalue weighted by Crippen LogP contribution is 2.47. The smallest absolute Gasteiger partial charge is 0.189 e. The first-order chi connectivity index (χ1) is 23.3. The van der Waals surface area contributed by atoms with E-state index < -0.39 is 5.41 Å². The van der Waals surface area contributed by atoms with Crippen molar-refractivity contribution in [1.29, 1.82) is 0 Å². The third-order valence-corrected chi connectivity index (χ3v) is 11.1. The van der Waals surface area contributed by atoms with Crippen LogP contribution in [0, 0.1) is 39.4 Å². The Kier molecular flexibility index (Phi) is 16.3. The van der Waals surface area contributed by atoms with E-state index in [1.54, 1.807) is 36.4 Å². The van der Waals surface area contributed by atoms with E-state index in [9.17, 15) is 9.59 Å². The molecule has 0 saturated heterocycles. The van der Waals surface area contributed by atoms with Crippen LogP contribution in [0.3, 0.4) is 0 Å². The zero-order valence-corrected chi connectivity index (χ0v) is 34.1. The summed E-state index contributed by atoms with van der Waals surface area (Å²) in [6, 6.07) is 7.06. The molecule has 0 aliphatic heterocycles. The van der Waals surface area contributed by atoms with Crippen molar-refractivity contribution in [2.75, 3.05) is 0 Å². The molecule has 0 N–H and O–H groups in total. The second-order valence-corrected chi connectivity index (χ2v) is 18.4. The van der Waals surface area contributed by atoms with Crippen LogP contribution in [0.2, 0.25) is 0 Å². The molecule has 0 aromatic heterocycles. The zero-order chi connectivity index (χ0) is 37.9. The molecule has 50 heavy (non-hydrogen) atoms. The zero-order valence-electron chi connectivity index (χ0n) is 34.1. The molecule has 0 bridgehead atoms. The SMILES string of the molecule is CCCCCC(C(=O)c1ccc(C(=O)C2=CC=CC(C(=O)C(CCCCC)C(C)(C)C)(C(=O)C(CCCCC)C(C)(C)C)C2)cc1)C(C)(C)C. The molecule has 0 heterocycles. The highest BCUT2D eigenvalue weighted by atomic mass is 16.2. The van der Waals surface area contributed by atoms with Gasteiger partial charge in [-0.3, -0.25) is 19.2 Å². The van der Waals surface area contributed by atoms with Gasteiger partial charge in [0.2, 0.25) is 0 Å². The van der Waals surface area contributed by atoms with Gasteiger partial charge in [-0.25, -0.2) is 0 Å². The number of allylic oxidation sites excluding steroid dienone is 4. The number of ketones is 4. The van der Waals surface area contributed by atoms with Gasteiger partial charge in [-0.05, 0) is 41.9 Å². The molecule has 3 atom stereocenters. The maximum atomic E-state index is 15.1. The first kappa shape index (κ1) is 43.5. The van der Waals surface area contributed by atoms with Gasteiger partial charge in [0.1, 0.15) is 5.41 Å². The third-order valence-electron chi connectivity index (χ3n) is 11.1. The van der Waals surface area contributed by atoms with Crippen LogP contribution in [0.4, 0.5) is 0 Å². The van der Waals surface area contributed by atoms with Crippen LogP contribution in [0.15, 0.2) is 48.1 Å². The summed E-state index contributed by atoms with van der Waals surface area (Å²) in [5.41, 5.74) is -0.660. The number of rotatable bonds is 20. The number of carbonyl (C=O) groups is 4. The predicted octanol–water partition coefficient (Wildman–Crippen LogP) is 12.8. The van der Waals surface area contributed by atoms with Crippen molar-refractivity contribution in [3.8, 4) is 0 Å². The number of Topliss-reactive ketones (excluding diaryl/α,β-unsaturated/α-hetero) is 4. The lowest BCUT2D eigenvalue weighted by molar-refractivity contribution is -0.146. The molecule has 1 aromatic rings. The van der Waals surface area contributed by atoms with Crippen LogP contribution in [0.25, 0.3) is 0 Å². The first-order valence-electron chi connectivity index (χ1n) is 19.9. The van der Waals surface area contributed by atoms with E-state index in [4.69, 9.17) is 0 Å². The van der Waals surface area contributed by atoms with E-state index in [1.807, 2.05) is 6.08 Å². The van der Waals surface area contributed by atoms with Crippen molar-refractivity contribution >= 4 is 23.1 Å². The highest BCUT2D eigenvalue weighted by Gasteiger charge is 2.53. The summed E-state index contributed by atoms with van der Waals surface area (Å²) in [6.45, 7) is 25.5. The summed E-state index contributed by atoms with van der Waals surface area (Å²) in [4.78, 5) is 58.1. The van der Waals surface area contributed by atoms with Gasteiger partial charge in [0.25, 0.3) is 0 Å². The normalized spacial score (nSPS) is 18.7. The van der Waals surface area contributed by atoms with E-state index in [-0.39, 0.29) is 63.6 Å². The summed E-state index contributed by atoms with van der Waals surface area (Å²) in [7, 11) is 0. The fourth-order valence-electron chi connectivity index (χ4n) is 7.82. The maximum absolute atomic E-state index is 15.1. The minimum Gasteiger partial charge on any atom is -0.298 e. The fraction of sp³-hybridized carbons (Fsp3) is 0.696. The van der Waals surface area contributed by atoms with Gasteiger partial charge in [-0.2, -0.15) is 0 Å². The predicted molar refractivity (Wildman–Crippen MR) is 211 cm³/mol. The Morgan fingerprint density at radius 2 is 0.960 bits per heavy atom. The van der Waals surface area contributed by atoms with Crippen LogP contribution in [-0.4, -0.2) is 23.1 Å². The molecule has 1 aliphatic rings. The quantitative estimate of drug-likeness (QED) is 0.0777. The van der Waals surface area contributed by atoms with Crippen molar-refractivity contribution in [3.63, 3.8) is 0 Å². The van der Waals surface area contributed by atoms with Crippen LogP contribution in [0.1, 0.15) is 187 Å². The molecule has 0 fully saturated rings. The van der Waals surface area contributed by atoms with Crippen molar-refractivity contribution in [3.05, 3.63) is 59.2 Å². The Morgan fingerprint density at radius 1 is 0.580 bits per heavy atom. The second-order valence-electron chi connectivity index (χ2n) is 18.4. The van der Waals surface area contributed by atoms with Crippen molar-refractivity contribution in [2.45, 2.75) is 167 Å². The van der Waals surface area contributed by atoms with Gasteiger partial charge in [0.15, 0.2) is 23.1 Å². The number of carbonyl (C=O) groups excluding carboxylic acids is 4. The van der Waals surface area contributed by atoms with Crippen LogP contribution in [-0.2, 0) is 9.59 Å². The molecular formula is C46H72O4. The summed E-state index contributed by atoms with van der Waals surface area (Å²) in [6.07, 6.45) is 17.1. The minimum atomic E-state index is -1.40. The Balaban J connectivity index is 2.56. The van der Waals surface area contributed by atoms with E-state index in [0.717, 1.165) is 77.0 Å². The van der Waals surface area contributed by atoms with Gasteiger partial charge in [-0.1, -0.05) is 183 Å². The van der Waals surface area contributed by atoms with Gasteiger partial charge in [0.05, 0.1) is 0 Å².